The Labute approximate surface area is 80.2 Å². The molecule has 1 aliphatic heterocycles. The first-order chi connectivity index (χ1) is 6.42. The van der Waals surface area contributed by atoms with Crippen molar-refractivity contribution >= 4 is 5.69 Å². The molecule has 1 unspecified atom stereocenters. The summed E-state index contributed by atoms with van der Waals surface area (Å²) < 4.78 is 0. The first kappa shape index (κ1) is 8.61. The zero-order valence-corrected chi connectivity index (χ0v) is 8.09. The molecule has 0 fully saturated rings. The lowest BCUT2D eigenvalue weighted by molar-refractivity contribution is 0.664. The first-order valence-corrected chi connectivity index (χ1v) is 5.08. The van der Waals surface area contributed by atoms with Crippen LogP contribution in [0.4, 0.5) is 5.69 Å². The van der Waals surface area contributed by atoms with E-state index in [1.165, 1.54) is 24.1 Å². The second kappa shape index (κ2) is 3.82. The molecule has 0 aromatic heterocycles. The molecule has 2 rings (SSSR count). The zero-order chi connectivity index (χ0) is 9.10. The average Bonchev–Trinajstić information content (AvgIpc) is 2.19. The highest BCUT2D eigenvalue weighted by atomic mass is 14.9. The molecule has 1 aromatic carbocycles. The highest BCUT2D eigenvalue weighted by Gasteiger charge is 2.18. The summed E-state index contributed by atoms with van der Waals surface area (Å²) in [7, 11) is 0. The van der Waals surface area contributed by atoms with Gasteiger partial charge in [0.15, 0.2) is 0 Å². The Bertz CT molecular complexity index is 280. The van der Waals surface area contributed by atoms with Gasteiger partial charge in [0.05, 0.1) is 0 Å². The normalized spacial score (nSPS) is 20.5. The van der Waals surface area contributed by atoms with Gasteiger partial charge in [0, 0.05) is 12.2 Å². The Morgan fingerprint density at radius 3 is 3.08 bits per heavy atom. The van der Waals surface area contributed by atoms with Crippen molar-refractivity contribution in [2.45, 2.75) is 25.7 Å². The summed E-state index contributed by atoms with van der Waals surface area (Å²) in [5.74, 6) is 0.669. The van der Waals surface area contributed by atoms with Gasteiger partial charge in [-0.05, 0) is 30.4 Å². The van der Waals surface area contributed by atoms with Crippen LogP contribution in [-0.4, -0.2) is 6.54 Å². The second-order valence-electron chi connectivity index (χ2n) is 3.60. The summed E-state index contributed by atoms with van der Waals surface area (Å²) in [6.07, 6.45) is 4.92. The molecule has 1 heteroatoms. The van der Waals surface area contributed by atoms with Crippen LogP contribution in [0.5, 0.6) is 0 Å². The summed E-state index contributed by atoms with van der Waals surface area (Å²) in [5, 5.41) is 3.40. The molecule has 1 nitrogen and oxygen atoms in total. The van der Waals surface area contributed by atoms with Gasteiger partial charge in [0.25, 0.3) is 0 Å². The fourth-order valence-electron chi connectivity index (χ4n) is 2.00. The Morgan fingerprint density at radius 1 is 1.38 bits per heavy atom. The number of fused-ring (bicyclic) bond motifs is 1. The standard InChI is InChI=1S/C12H16N/c1-2-5-10-8-9-13-12-7-4-3-6-11(10)12/h3-4,6-8,10,13H,2,5,9H2,1H3. The molecule has 1 radical (unpaired) electrons. The van der Waals surface area contributed by atoms with E-state index < -0.39 is 0 Å². The van der Waals surface area contributed by atoms with Crippen LogP contribution in [0.25, 0.3) is 0 Å². The van der Waals surface area contributed by atoms with Crippen LogP contribution in [-0.2, 0) is 0 Å². The summed E-state index contributed by atoms with van der Waals surface area (Å²) in [4.78, 5) is 0. The van der Waals surface area contributed by atoms with E-state index in [9.17, 15) is 0 Å². The van der Waals surface area contributed by atoms with E-state index in [1.807, 2.05) is 0 Å². The molecular formula is C12H16N. The average molecular weight is 174 g/mol. The lowest BCUT2D eigenvalue weighted by Gasteiger charge is -2.25. The molecule has 1 heterocycles. The Hall–Kier alpha value is -0.980. The third-order valence-electron chi connectivity index (χ3n) is 2.65. The van der Waals surface area contributed by atoms with E-state index >= 15 is 0 Å². The number of hydrogen-bond donors (Lipinski definition) is 1. The molecule has 1 aromatic rings. The van der Waals surface area contributed by atoms with Gasteiger partial charge in [-0.2, -0.15) is 0 Å². The lowest BCUT2D eigenvalue weighted by Crippen LogP contribution is -2.17. The molecule has 0 saturated heterocycles. The number of benzene rings is 1. The molecule has 0 saturated carbocycles. The Balaban J connectivity index is 2.26. The van der Waals surface area contributed by atoms with E-state index in [2.05, 4.69) is 42.9 Å². The van der Waals surface area contributed by atoms with Crippen molar-refractivity contribution in [1.29, 1.82) is 0 Å². The smallest absolute Gasteiger partial charge is 0.0375 e. The quantitative estimate of drug-likeness (QED) is 0.726. The second-order valence-corrected chi connectivity index (χ2v) is 3.60. The molecular weight excluding hydrogens is 158 g/mol. The number of nitrogens with one attached hydrogen (secondary N) is 1. The van der Waals surface area contributed by atoms with Crippen LogP contribution in [0, 0.1) is 6.42 Å². The minimum atomic E-state index is 0.669. The zero-order valence-electron chi connectivity index (χ0n) is 8.09. The minimum Gasteiger partial charge on any atom is -0.385 e. The topological polar surface area (TPSA) is 12.0 Å². The van der Waals surface area contributed by atoms with Crippen molar-refractivity contribution in [3.63, 3.8) is 0 Å². The van der Waals surface area contributed by atoms with Crippen molar-refractivity contribution in [3.8, 4) is 0 Å². The molecule has 0 amide bonds. The summed E-state index contributed by atoms with van der Waals surface area (Å²) in [6, 6.07) is 8.63. The summed E-state index contributed by atoms with van der Waals surface area (Å²) in [6.45, 7) is 3.26. The molecule has 0 aliphatic carbocycles. The molecule has 69 valence electrons. The van der Waals surface area contributed by atoms with Gasteiger partial charge in [-0.15, -0.1) is 0 Å². The van der Waals surface area contributed by atoms with Gasteiger partial charge < -0.3 is 5.32 Å². The molecule has 1 atom stereocenters. The predicted octanol–water partition coefficient (Wildman–Crippen LogP) is 3.20. The van der Waals surface area contributed by atoms with Gasteiger partial charge >= 0.3 is 0 Å². The highest BCUT2D eigenvalue weighted by Crippen LogP contribution is 2.33. The van der Waals surface area contributed by atoms with Crippen LogP contribution in [0.15, 0.2) is 24.3 Å². The van der Waals surface area contributed by atoms with Gasteiger partial charge in [-0.1, -0.05) is 31.5 Å². The van der Waals surface area contributed by atoms with E-state index in [0.29, 0.717) is 5.92 Å². The maximum Gasteiger partial charge on any atom is 0.0375 e. The monoisotopic (exact) mass is 174 g/mol. The number of rotatable bonds is 2. The van der Waals surface area contributed by atoms with Crippen molar-refractivity contribution in [2.24, 2.45) is 0 Å². The van der Waals surface area contributed by atoms with E-state index in [-0.39, 0.29) is 0 Å². The fourth-order valence-corrected chi connectivity index (χ4v) is 2.00. The van der Waals surface area contributed by atoms with Crippen molar-refractivity contribution in [2.75, 3.05) is 11.9 Å². The van der Waals surface area contributed by atoms with Gasteiger partial charge in [0.2, 0.25) is 0 Å². The Kier molecular flexibility index (Phi) is 2.53. The molecule has 1 aliphatic rings. The Morgan fingerprint density at radius 2 is 2.23 bits per heavy atom. The van der Waals surface area contributed by atoms with Gasteiger partial charge in [-0.25, -0.2) is 0 Å². The minimum absolute atomic E-state index is 0.669. The third-order valence-corrected chi connectivity index (χ3v) is 2.65. The van der Waals surface area contributed by atoms with Crippen LogP contribution < -0.4 is 5.32 Å². The number of anilines is 1. The molecule has 13 heavy (non-hydrogen) atoms. The number of para-hydroxylation sites is 1. The van der Waals surface area contributed by atoms with E-state index in [0.717, 1.165) is 6.54 Å². The maximum atomic E-state index is 3.40. The van der Waals surface area contributed by atoms with Crippen LogP contribution in [0.3, 0.4) is 0 Å². The largest absolute Gasteiger partial charge is 0.385 e. The van der Waals surface area contributed by atoms with Gasteiger partial charge in [-0.3, -0.25) is 0 Å². The van der Waals surface area contributed by atoms with Crippen LogP contribution in [0.1, 0.15) is 31.2 Å². The first-order valence-electron chi connectivity index (χ1n) is 5.08. The molecule has 1 N–H and O–H groups in total. The van der Waals surface area contributed by atoms with Crippen molar-refractivity contribution in [3.05, 3.63) is 36.2 Å². The lowest BCUT2D eigenvalue weighted by atomic mass is 9.88. The fraction of sp³-hybridized carbons (Fsp3) is 0.417. The van der Waals surface area contributed by atoms with Crippen LogP contribution in [0.2, 0.25) is 0 Å². The summed E-state index contributed by atoms with van der Waals surface area (Å²) in [5.41, 5.74) is 2.79. The predicted molar refractivity (Wildman–Crippen MR) is 56.9 cm³/mol. The number of hydrogen-bond acceptors (Lipinski definition) is 1. The summed E-state index contributed by atoms with van der Waals surface area (Å²) >= 11 is 0. The molecule has 0 spiro atoms. The third kappa shape index (κ3) is 1.69. The van der Waals surface area contributed by atoms with Crippen LogP contribution >= 0.6 is 0 Å². The van der Waals surface area contributed by atoms with Crippen molar-refractivity contribution in [1.82, 2.24) is 0 Å². The maximum absolute atomic E-state index is 3.40. The van der Waals surface area contributed by atoms with E-state index in [4.69, 9.17) is 0 Å². The highest BCUT2D eigenvalue weighted by molar-refractivity contribution is 5.56. The molecule has 0 bridgehead atoms. The van der Waals surface area contributed by atoms with Crippen molar-refractivity contribution < 1.29 is 0 Å². The SMILES string of the molecule is CCCC1[CH]CNc2ccccc21. The van der Waals surface area contributed by atoms with E-state index in [1.54, 1.807) is 0 Å². The van der Waals surface area contributed by atoms with Gasteiger partial charge in [0.1, 0.15) is 0 Å².